The van der Waals surface area contributed by atoms with Gasteiger partial charge in [0.15, 0.2) is 11.5 Å². The van der Waals surface area contributed by atoms with E-state index in [1.54, 1.807) is 18.2 Å². The van der Waals surface area contributed by atoms with Crippen molar-refractivity contribution in [3.05, 3.63) is 53.1 Å². The van der Waals surface area contributed by atoms with Gasteiger partial charge in [0.1, 0.15) is 0 Å². The molecule has 0 aliphatic rings. The maximum Gasteiger partial charge on any atom is 0.266 e. The fraction of sp³-hybridized carbons (Fsp3) is 0.316. The average Bonchev–Trinajstić information content (AvgIpc) is 2.66. The van der Waals surface area contributed by atoms with E-state index in [0.717, 1.165) is 17.5 Å². The van der Waals surface area contributed by atoms with Crippen LogP contribution in [0.2, 0.25) is 0 Å². The van der Waals surface area contributed by atoms with Gasteiger partial charge >= 0.3 is 0 Å². The van der Waals surface area contributed by atoms with Gasteiger partial charge in [-0.3, -0.25) is 10.2 Å². The normalized spacial score (nSPS) is 11.1. The lowest BCUT2D eigenvalue weighted by atomic mass is 10.1. The first-order chi connectivity index (χ1) is 12.8. The molecule has 8 heteroatoms. The van der Waals surface area contributed by atoms with E-state index in [9.17, 15) is 13.2 Å². The van der Waals surface area contributed by atoms with E-state index in [0.29, 0.717) is 18.1 Å². The Bertz CT molecular complexity index is 926. The van der Waals surface area contributed by atoms with Crippen LogP contribution in [0.4, 0.5) is 0 Å². The first kappa shape index (κ1) is 20.7. The summed E-state index contributed by atoms with van der Waals surface area (Å²) in [5.74, 6) is 0.308. The van der Waals surface area contributed by atoms with E-state index >= 15 is 0 Å². The second-order valence-corrected chi connectivity index (χ2v) is 7.70. The van der Waals surface area contributed by atoms with Crippen LogP contribution in [0.3, 0.4) is 0 Å². The van der Waals surface area contributed by atoms with Gasteiger partial charge in [0.2, 0.25) is 0 Å². The summed E-state index contributed by atoms with van der Waals surface area (Å²) in [5.41, 5.74) is 4.27. The van der Waals surface area contributed by atoms with Crippen LogP contribution in [0.25, 0.3) is 0 Å². The summed E-state index contributed by atoms with van der Waals surface area (Å²) in [7, 11) is -2.41. The van der Waals surface area contributed by atoms with E-state index in [2.05, 4.69) is 10.3 Å². The number of nitrogens with one attached hydrogen (secondary N) is 2. The summed E-state index contributed by atoms with van der Waals surface area (Å²) < 4.78 is 35.5. The van der Waals surface area contributed by atoms with Crippen molar-refractivity contribution >= 4 is 15.9 Å². The molecule has 2 N–H and O–H groups in total. The van der Waals surface area contributed by atoms with Crippen LogP contribution >= 0.6 is 0 Å². The molecule has 27 heavy (non-hydrogen) atoms. The maximum atomic E-state index is 12.4. The maximum absolute atomic E-state index is 12.4. The van der Waals surface area contributed by atoms with Crippen molar-refractivity contribution in [3.8, 4) is 11.5 Å². The number of hydrogen-bond acceptors (Lipinski definition) is 5. The number of amides is 1. The van der Waals surface area contributed by atoms with Crippen LogP contribution in [0.5, 0.6) is 11.5 Å². The summed E-state index contributed by atoms with van der Waals surface area (Å²) in [6.07, 6.45) is 0.839. The van der Waals surface area contributed by atoms with Crippen molar-refractivity contribution in [3.63, 3.8) is 0 Å². The number of methoxy groups -OCH3 is 1. The molecule has 146 valence electrons. The third-order valence-electron chi connectivity index (χ3n) is 3.98. The molecular formula is C19H24N2O5S. The summed E-state index contributed by atoms with van der Waals surface area (Å²) in [6.45, 7) is 6.22. The SMILES string of the molecule is CCCOc1ccc(C(=O)NNS(=O)(=O)c2ccc(C)c(C)c2)cc1OC. The van der Waals surface area contributed by atoms with E-state index in [4.69, 9.17) is 9.47 Å². The molecule has 7 nitrogen and oxygen atoms in total. The number of hydrogen-bond donors (Lipinski definition) is 2. The first-order valence-electron chi connectivity index (χ1n) is 8.48. The van der Waals surface area contributed by atoms with Gasteiger partial charge in [-0.2, -0.15) is 0 Å². The Labute approximate surface area is 159 Å². The number of hydrazine groups is 1. The third-order valence-corrected chi connectivity index (χ3v) is 5.22. The van der Waals surface area contributed by atoms with Gasteiger partial charge in [0.25, 0.3) is 15.9 Å². The third kappa shape index (κ3) is 5.21. The number of rotatable bonds is 8. The zero-order chi connectivity index (χ0) is 20.0. The molecule has 2 aromatic rings. The number of benzene rings is 2. The largest absolute Gasteiger partial charge is 0.493 e. The summed E-state index contributed by atoms with van der Waals surface area (Å²) in [5, 5.41) is 0. The molecule has 0 saturated heterocycles. The summed E-state index contributed by atoms with van der Waals surface area (Å²) >= 11 is 0. The summed E-state index contributed by atoms with van der Waals surface area (Å²) in [6, 6.07) is 9.39. The highest BCUT2D eigenvalue weighted by Gasteiger charge is 2.17. The molecule has 1 amide bonds. The molecule has 0 unspecified atom stereocenters. The molecule has 2 rings (SSSR count). The highest BCUT2D eigenvalue weighted by atomic mass is 32.2. The molecule has 0 heterocycles. The lowest BCUT2D eigenvalue weighted by molar-refractivity contribution is 0.0944. The van der Waals surface area contributed by atoms with Gasteiger partial charge in [0.05, 0.1) is 18.6 Å². The van der Waals surface area contributed by atoms with E-state index in [-0.39, 0.29) is 10.5 Å². The molecule has 0 aliphatic carbocycles. The first-order valence-corrected chi connectivity index (χ1v) is 9.97. The van der Waals surface area contributed by atoms with E-state index in [1.165, 1.54) is 25.3 Å². The standard InChI is InChI=1S/C19H24N2O5S/c1-5-10-26-17-9-7-15(12-18(17)25-4)19(22)20-21-27(23,24)16-8-6-13(2)14(3)11-16/h6-9,11-12,21H,5,10H2,1-4H3,(H,20,22). The van der Waals surface area contributed by atoms with Gasteiger partial charge in [-0.1, -0.05) is 13.0 Å². The smallest absolute Gasteiger partial charge is 0.266 e. The van der Waals surface area contributed by atoms with Crippen LogP contribution in [-0.4, -0.2) is 28.0 Å². The molecule has 0 aromatic heterocycles. The molecule has 0 spiro atoms. The van der Waals surface area contributed by atoms with Crippen LogP contribution in [0, 0.1) is 13.8 Å². The molecule has 0 radical (unpaired) electrons. The number of carbonyl (C=O) groups is 1. The van der Waals surface area contributed by atoms with Crippen LogP contribution in [-0.2, 0) is 10.0 Å². The Balaban J connectivity index is 2.11. The van der Waals surface area contributed by atoms with Crippen molar-refractivity contribution in [2.24, 2.45) is 0 Å². The van der Waals surface area contributed by atoms with E-state index < -0.39 is 15.9 Å². The van der Waals surface area contributed by atoms with Gasteiger partial charge < -0.3 is 9.47 Å². The predicted octanol–water partition coefficient (Wildman–Crippen LogP) is 2.72. The number of carbonyl (C=O) groups excluding carboxylic acids is 1. The van der Waals surface area contributed by atoms with Gasteiger partial charge in [-0.15, -0.1) is 4.83 Å². The Hall–Kier alpha value is -2.58. The van der Waals surface area contributed by atoms with Crippen molar-refractivity contribution in [1.29, 1.82) is 0 Å². The van der Waals surface area contributed by atoms with E-state index in [1.807, 2.05) is 20.8 Å². The molecular weight excluding hydrogens is 368 g/mol. The monoisotopic (exact) mass is 392 g/mol. The van der Waals surface area contributed by atoms with Gasteiger partial charge in [-0.25, -0.2) is 8.42 Å². The Morgan fingerprint density at radius 1 is 1.04 bits per heavy atom. The Morgan fingerprint density at radius 3 is 2.41 bits per heavy atom. The fourth-order valence-electron chi connectivity index (χ4n) is 2.27. The second kappa shape index (κ2) is 8.88. The average molecular weight is 392 g/mol. The molecule has 2 aromatic carbocycles. The highest BCUT2D eigenvalue weighted by Crippen LogP contribution is 2.28. The lowest BCUT2D eigenvalue weighted by Gasteiger charge is -2.13. The topological polar surface area (TPSA) is 93.7 Å². The minimum Gasteiger partial charge on any atom is -0.493 e. The van der Waals surface area contributed by atoms with Crippen molar-refractivity contribution in [1.82, 2.24) is 10.3 Å². The quantitative estimate of drug-likeness (QED) is 0.674. The minimum atomic E-state index is -3.88. The van der Waals surface area contributed by atoms with Crippen LogP contribution < -0.4 is 19.7 Å². The molecule has 0 fully saturated rings. The highest BCUT2D eigenvalue weighted by molar-refractivity contribution is 7.89. The summed E-state index contributed by atoms with van der Waals surface area (Å²) in [4.78, 5) is 14.5. The number of aryl methyl sites for hydroxylation is 2. The molecule has 0 bridgehead atoms. The number of ether oxygens (including phenoxy) is 2. The zero-order valence-electron chi connectivity index (χ0n) is 15.8. The van der Waals surface area contributed by atoms with Crippen molar-refractivity contribution < 1.29 is 22.7 Å². The zero-order valence-corrected chi connectivity index (χ0v) is 16.6. The Morgan fingerprint density at radius 2 is 1.78 bits per heavy atom. The van der Waals surface area contributed by atoms with Gasteiger partial charge in [-0.05, 0) is 61.7 Å². The lowest BCUT2D eigenvalue weighted by Crippen LogP contribution is -2.41. The second-order valence-electron chi connectivity index (χ2n) is 6.02. The molecule has 0 atom stereocenters. The minimum absolute atomic E-state index is 0.0757. The number of sulfonamides is 1. The molecule has 0 aliphatic heterocycles. The molecule has 0 saturated carbocycles. The Kier molecular flexibility index (Phi) is 6.81. The van der Waals surface area contributed by atoms with Crippen molar-refractivity contribution in [2.75, 3.05) is 13.7 Å². The fourth-order valence-corrected chi connectivity index (χ4v) is 3.19. The van der Waals surface area contributed by atoms with Crippen LogP contribution in [0.15, 0.2) is 41.3 Å². The van der Waals surface area contributed by atoms with Crippen molar-refractivity contribution in [2.45, 2.75) is 32.1 Å². The predicted molar refractivity (Wildman–Crippen MR) is 102 cm³/mol. The van der Waals surface area contributed by atoms with Crippen LogP contribution in [0.1, 0.15) is 34.8 Å². The van der Waals surface area contributed by atoms with Gasteiger partial charge in [0, 0.05) is 5.56 Å².